The number of hydrogen-bond donors (Lipinski definition) is 1. The van der Waals surface area contributed by atoms with Gasteiger partial charge in [0.05, 0.1) is 24.3 Å². The molecule has 1 heterocycles. The molecule has 2 fully saturated rings. The molecule has 2 N–H and O–H groups in total. The van der Waals surface area contributed by atoms with Crippen molar-refractivity contribution in [1.82, 2.24) is 4.90 Å². The fraction of sp³-hybridized carbons (Fsp3) is 0.500. The van der Waals surface area contributed by atoms with E-state index in [9.17, 15) is 9.18 Å². The molecule has 5 heteroatoms. The van der Waals surface area contributed by atoms with Gasteiger partial charge in [0.25, 0.3) is 5.91 Å². The third kappa shape index (κ3) is 2.18. The average molecular weight is 264 g/mol. The molecule has 2 atom stereocenters. The molecule has 2 aliphatic rings. The normalized spacial score (nSPS) is 26.3. The molecule has 0 radical (unpaired) electrons. The Labute approximate surface area is 111 Å². The summed E-state index contributed by atoms with van der Waals surface area (Å²) < 4.78 is 19.5. The molecule has 1 amide bonds. The van der Waals surface area contributed by atoms with Gasteiger partial charge in [0.2, 0.25) is 0 Å². The summed E-state index contributed by atoms with van der Waals surface area (Å²) in [5, 5.41) is 0. The summed E-state index contributed by atoms with van der Waals surface area (Å²) in [5.41, 5.74) is 5.93. The van der Waals surface area contributed by atoms with Crippen molar-refractivity contribution in [1.29, 1.82) is 0 Å². The third-order valence-corrected chi connectivity index (χ3v) is 3.97. The number of halogens is 1. The van der Waals surface area contributed by atoms with Crippen molar-refractivity contribution in [2.75, 3.05) is 18.9 Å². The number of hydrogen-bond acceptors (Lipinski definition) is 3. The summed E-state index contributed by atoms with van der Waals surface area (Å²) in [6.45, 7) is 1.06. The van der Waals surface area contributed by atoms with Crippen LogP contribution >= 0.6 is 0 Å². The van der Waals surface area contributed by atoms with Gasteiger partial charge in [0.15, 0.2) is 0 Å². The first-order valence-corrected chi connectivity index (χ1v) is 6.64. The van der Waals surface area contributed by atoms with E-state index in [1.54, 1.807) is 11.0 Å². The minimum absolute atomic E-state index is 0.0956. The highest BCUT2D eigenvalue weighted by Gasteiger charge is 2.39. The van der Waals surface area contributed by atoms with Crippen molar-refractivity contribution in [3.05, 3.63) is 29.6 Å². The lowest BCUT2D eigenvalue weighted by molar-refractivity contribution is -0.0446. The fourth-order valence-electron chi connectivity index (χ4n) is 3.04. The van der Waals surface area contributed by atoms with Gasteiger partial charge >= 0.3 is 0 Å². The van der Waals surface area contributed by atoms with Gasteiger partial charge in [0, 0.05) is 12.2 Å². The van der Waals surface area contributed by atoms with Gasteiger partial charge in [-0.25, -0.2) is 4.39 Å². The number of anilines is 1. The van der Waals surface area contributed by atoms with Crippen molar-refractivity contribution >= 4 is 11.6 Å². The van der Waals surface area contributed by atoms with Crippen LogP contribution in [-0.2, 0) is 4.74 Å². The maximum Gasteiger partial charge on any atom is 0.257 e. The molecule has 3 rings (SSSR count). The second kappa shape index (κ2) is 4.81. The minimum Gasteiger partial charge on any atom is -0.399 e. The molecule has 2 unspecified atom stereocenters. The smallest absolute Gasteiger partial charge is 0.257 e. The molecule has 1 aliphatic heterocycles. The van der Waals surface area contributed by atoms with Gasteiger partial charge in [-0.15, -0.1) is 0 Å². The number of rotatable bonds is 1. The van der Waals surface area contributed by atoms with E-state index in [2.05, 4.69) is 0 Å². The van der Waals surface area contributed by atoms with Gasteiger partial charge in [-0.1, -0.05) is 0 Å². The molecule has 0 spiro atoms. The maximum atomic E-state index is 13.8. The predicted molar refractivity (Wildman–Crippen MR) is 69.2 cm³/mol. The largest absolute Gasteiger partial charge is 0.399 e. The quantitative estimate of drug-likeness (QED) is 0.787. The number of ether oxygens (including phenoxy) is 1. The second-order valence-electron chi connectivity index (χ2n) is 5.15. The molecular weight excluding hydrogens is 247 g/mol. The number of carbonyl (C=O) groups is 1. The Balaban J connectivity index is 1.86. The Morgan fingerprint density at radius 3 is 3.05 bits per heavy atom. The molecule has 1 saturated carbocycles. The number of nitrogens with two attached hydrogens (primary N) is 1. The summed E-state index contributed by atoms with van der Waals surface area (Å²) in [5.74, 6) is -0.802. The Hall–Kier alpha value is -1.62. The summed E-state index contributed by atoms with van der Waals surface area (Å²) in [7, 11) is 0. The van der Waals surface area contributed by atoms with Crippen LogP contribution in [0.25, 0.3) is 0 Å². The predicted octanol–water partition coefficient (Wildman–Crippen LogP) is 1.80. The van der Waals surface area contributed by atoms with Crippen LogP contribution < -0.4 is 5.73 Å². The van der Waals surface area contributed by atoms with E-state index in [1.807, 2.05) is 0 Å². The minimum atomic E-state index is -0.550. The van der Waals surface area contributed by atoms with E-state index in [0.717, 1.165) is 19.3 Å². The Bertz CT molecular complexity index is 506. The van der Waals surface area contributed by atoms with Crippen molar-refractivity contribution in [2.24, 2.45) is 0 Å². The third-order valence-electron chi connectivity index (χ3n) is 3.97. The first-order chi connectivity index (χ1) is 9.16. The molecule has 4 nitrogen and oxygen atoms in total. The fourth-order valence-corrected chi connectivity index (χ4v) is 3.04. The molecule has 102 valence electrons. The zero-order valence-electron chi connectivity index (χ0n) is 10.6. The number of morpholine rings is 1. The highest BCUT2D eigenvalue weighted by molar-refractivity contribution is 5.95. The van der Waals surface area contributed by atoms with Gasteiger partial charge < -0.3 is 15.4 Å². The molecule has 1 aliphatic carbocycles. The van der Waals surface area contributed by atoms with E-state index < -0.39 is 5.82 Å². The summed E-state index contributed by atoms with van der Waals surface area (Å²) in [6.07, 6.45) is 3.10. The summed E-state index contributed by atoms with van der Waals surface area (Å²) >= 11 is 0. The van der Waals surface area contributed by atoms with Crippen LogP contribution in [0.5, 0.6) is 0 Å². The van der Waals surface area contributed by atoms with Gasteiger partial charge in [-0.3, -0.25) is 4.79 Å². The monoisotopic (exact) mass is 264 g/mol. The number of nitrogens with zero attached hydrogens (tertiary/aromatic N) is 1. The van der Waals surface area contributed by atoms with Crippen LogP contribution in [0.15, 0.2) is 18.2 Å². The standard InChI is InChI=1S/C14H17FN2O2/c15-11-8-9(16)4-5-10(11)14(18)17-6-7-19-13-3-1-2-12(13)17/h4-5,8,12-13H,1-3,6-7,16H2. The van der Waals surface area contributed by atoms with E-state index in [1.165, 1.54) is 12.1 Å². The number of carbonyl (C=O) groups excluding carboxylic acids is 1. The number of benzene rings is 1. The summed E-state index contributed by atoms with van der Waals surface area (Å²) in [6, 6.07) is 4.31. The van der Waals surface area contributed by atoms with Crippen LogP contribution in [-0.4, -0.2) is 36.1 Å². The van der Waals surface area contributed by atoms with Crippen molar-refractivity contribution in [2.45, 2.75) is 31.4 Å². The first-order valence-electron chi connectivity index (χ1n) is 6.64. The van der Waals surface area contributed by atoms with Crippen LogP contribution in [0.3, 0.4) is 0 Å². The van der Waals surface area contributed by atoms with Crippen LogP contribution in [0.2, 0.25) is 0 Å². The van der Waals surface area contributed by atoms with Crippen molar-refractivity contribution in [3.8, 4) is 0 Å². The van der Waals surface area contributed by atoms with Gasteiger partial charge in [-0.2, -0.15) is 0 Å². The van der Waals surface area contributed by atoms with Gasteiger partial charge in [-0.05, 0) is 37.5 Å². The van der Waals surface area contributed by atoms with Crippen molar-refractivity contribution in [3.63, 3.8) is 0 Å². The molecule has 1 saturated heterocycles. The van der Waals surface area contributed by atoms with Gasteiger partial charge in [0.1, 0.15) is 5.82 Å². The molecular formula is C14H17FN2O2. The van der Waals surface area contributed by atoms with Crippen LogP contribution in [0.1, 0.15) is 29.6 Å². The number of nitrogen functional groups attached to an aromatic ring is 1. The number of amides is 1. The topological polar surface area (TPSA) is 55.6 Å². The van der Waals surface area contributed by atoms with E-state index >= 15 is 0 Å². The zero-order valence-corrected chi connectivity index (χ0v) is 10.6. The highest BCUT2D eigenvalue weighted by Crippen LogP contribution is 2.31. The molecule has 0 aromatic heterocycles. The van der Waals surface area contributed by atoms with E-state index in [0.29, 0.717) is 18.8 Å². The van der Waals surface area contributed by atoms with E-state index in [-0.39, 0.29) is 23.6 Å². The molecule has 19 heavy (non-hydrogen) atoms. The number of fused-ring (bicyclic) bond motifs is 1. The lowest BCUT2D eigenvalue weighted by atomic mass is 10.1. The SMILES string of the molecule is Nc1ccc(C(=O)N2CCOC3CCCC32)c(F)c1. The molecule has 1 aromatic rings. The lowest BCUT2D eigenvalue weighted by Gasteiger charge is -2.37. The average Bonchev–Trinajstić information content (AvgIpc) is 2.86. The van der Waals surface area contributed by atoms with Crippen molar-refractivity contribution < 1.29 is 13.9 Å². The zero-order chi connectivity index (χ0) is 13.4. The molecule has 1 aromatic carbocycles. The second-order valence-corrected chi connectivity index (χ2v) is 5.15. The molecule has 0 bridgehead atoms. The lowest BCUT2D eigenvalue weighted by Crippen LogP contribution is -2.51. The summed E-state index contributed by atoms with van der Waals surface area (Å²) in [4.78, 5) is 14.2. The van der Waals surface area contributed by atoms with Crippen LogP contribution in [0, 0.1) is 5.82 Å². The Kier molecular flexibility index (Phi) is 3.14. The van der Waals surface area contributed by atoms with E-state index in [4.69, 9.17) is 10.5 Å². The van der Waals surface area contributed by atoms with Crippen LogP contribution in [0.4, 0.5) is 10.1 Å². The highest BCUT2D eigenvalue weighted by atomic mass is 19.1. The first kappa shape index (κ1) is 12.4. The maximum absolute atomic E-state index is 13.8. The Morgan fingerprint density at radius 2 is 2.26 bits per heavy atom. The Morgan fingerprint density at radius 1 is 1.42 bits per heavy atom.